The van der Waals surface area contributed by atoms with Gasteiger partial charge in [0, 0.05) is 5.56 Å². The summed E-state index contributed by atoms with van der Waals surface area (Å²) in [7, 11) is 0. The number of carbonyl (C=O) groups is 2. The van der Waals surface area contributed by atoms with E-state index in [1.54, 1.807) is 6.07 Å². The zero-order valence-electron chi connectivity index (χ0n) is 17.3. The number of benzene rings is 3. The molecule has 0 saturated heterocycles. The molecule has 0 unspecified atom stereocenters. The number of amides is 1. The van der Waals surface area contributed by atoms with E-state index >= 15 is 0 Å². The van der Waals surface area contributed by atoms with Crippen molar-refractivity contribution in [3.8, 4) is 5.75 Å². The second-order valence-electron chi connectivity index (χ2n) is 7.47. The third kappa shape index (κ3) is 4.69. The van der Waals surface area contributed by atoms with Crippen LogP contribution < -0.4 is 10.1 Å². The lowest BCUT2D eigenvalue weighted by Gasteiger charge is -2.22. The fourth-order valence-corrected chi connectivity index (χ4v) is 3.10. The molecule has 0 aliphatic carbocycles. The molecular weight excluding hydrogens is 378 g/mol. The van der Waals surface area contributed by atoms with E-state index in [0.29, 0.717) is 12.2 Å². The molecule has 154 valence electrons. The fraction of sp³-hybridized carbons (Fsp3) is 0.200. The highest BCUT2D eigenvalue weighted by Crippen LogP contribution is 2.26. The highest BCUT2D eigenvalue weighted by atomic mass is 16.5. The minimum Gasteiger partial charge on any atom is -0.494 e. The summed E-state index contributed by atoms with van der Waals surface area (Å²) in [5, 5.41) is 13.9. The molecule has 3 aromatic rings. The van der Waals surface area contributed by atoms with Crippen molar-refractivity contribution in [3.05, 3.63) is 77.4 Å². The molecule has 5 nitrogen and oxygen atoms in total. The van der Waals surface area contributed by atoms with Gasteiger partial charge in [-0.15, -0.1) is 0 Å². The van der Waals surface area contributed by atoms with E-state index in [4.69, 9.17) is 4.74 Å². The topological polar surface area (TPSA) is 75.6 Å². The second-order valence-corrected chi connectivity index (χ2v) is 7.47. The zero-order chi connectivity index (χ0) is 21.7. The van der Waals surface area contributed by atoms with Crippen LogP contribution in [0.1, 0.15) is 42.3 Å². The van der Waals surface area contributed by atoms with E-state index in [1.807, 2.05) is 73.7 Å². The molecule has 1 amide bonds. The van der Waals surface area contributed by atoms with E-state index in [-0.39, 0.29) is 0 Å². The third-order valence-corrected chi connectivity index (χ3v) is 4.81. The Morgan fingerprint density at radius 2 is 1.70 bits per heavy atom. The number of carboxylic acid groups (broad SMARTS) is 1. The maximum atomic E-state index is 12.9. The van der Waals surface area contributed by atoms with Crippen molar-refractivity contribution in [1.82, 2.24) is 5.32 Å². The van der Waals surface area contributed by atoms with Gasteiger partial charge in [-0.2, -0.15) is 0 Å². The summed E-state index contributed by atoms with van der Waals surface area (Å²) >= 11 is 0. The maximum absolute atomic E-state index is 12.9. The quantitative estimate of drug-likeness (QED) is 0.544. The number of carboxylic acids is 1. The van der Waals surface area contributed by atoms with Crippen LogP contribution in [0.4, 0.5) is 0 Å². The van der Waals surface area contributed by atoms with Crippen LogP contribution in [0, 0.1) is 0 Å². The number of aliphatic carboxylic acids is 1. The highest BCUT2D eigenvalue weighted by molar-refractivity contribution is 6.07. The van der Waals surface area contributed by atoms with Gasteiger partial charge in [-0.3, -0.25) is 4.79 Å². The van der Waals surface area contributed by atoms with Crippen molar-refractivity contribution in [2.45, 2.75) is 26.3 Å². The zero-order valence-corrected chi connectivity index (χ0v) is 17.3. The molecule has 0 radical (unpaired) electrons. The summed E-state index contributed by atoms with van der Waals surface area (Å²) < 4.78 is 5.47. The first-order valence-electron chi connectivity index (χ1n) is 9.80. The van der Waals surface area contributed by atoms with Gasteiger partial charge in [-0.25, -0.2) is 4.79 Å². The van der Waals surface area contributed by atoms with Crippen LogP contribution >= 0.6 is 0 Å². The molecule has 0 aromatic heterocycles. The molecule has 0 fully saturated rings. The maximum Gasteiger partial charge on any atom is 0.328 e. The van der Waals surface area contributed by atoms with Crippen LogP contribution in [0.5, 0.6) is 5.75 Å². The predicted octanol–water partition coefficient (Wildman–Crippen LogP) is 5.00. The number of carbonyl (C=O) groups excluding carboxylic acids is 1. The molecule has 0 atom stereocenters. The average Bonchev–Trinajstić information content (AvgIpc) is 2.72. The molecule has 0 aliphatic rings. The molecule has 0 spiro atoms. The molecule has 2 N–H and O–H groups in total. The van der Waals surface area contributed by atoms with Gasteiger partial charge >= 0.3 is 5.97 Å². The van der Waals surface area contributed by atoms with Gasteiger partial charge in [0.15, 0.2) is 0 Å². The number of hydrogen-bond donors (Lipinski definition) is 2. The van der Waals surface area contributed by atoms with Crippen molar-refractivity contribution in [2.24, 2.45) is 0 Å². The summed E-state index contributed by atoms with van der Waals surface area (Å²) in [4.78, 5) is 24.4. The fourth-order valence-electron chi connectivity index (χ4n) is 3.10. The van der Waals surface area contributed by atoms with Gasteiger partial charge in [0.05, 0.1) is 6.61 Å². The third-order valence-electron chi connectivity index (χ3n) is 4.81. The van der Waals surface area contributed by atoms with E-state index in [2.05, 4.69) is 5.32 Å². The number of hydrogen-bond acceptors (Lipinski definition) is 3. The lowest BCUT2D eigenvalue weighted by atomic mass is 9.96. The number of fused-ring (bicyclic) bond motifs is 1. The Morgan fingerprint density at radius 3 is 2.37 bits per heavy atom. The molecule has 3 aromatic carbocycles. The average molecular weight is 403 g/mol. The van der Waals surface area contributed by atoms with Gasteiger partial charge in [0.25, 0.3) is 5.91 Å². The van der Waals surface area contributed by atoms with Gasteiger partial charge in [0.1, 0.15) is 11.3 Å². The molecule has 30 heavy (non-hydrogen) atoms. The first kappa shape index (κ1) is 21.1. The summed E-state index contributed by atoms with van der Waals surface area (Å²) in [6.45, 7) is 5.47. The summed E-state index contributed by atoms with van der Waals surface area (Å²) in [6.07, 6.45) is 3.82. The smallest absolute Gasteiger partial charge is 0.328 e. The minimum absolute atomic E-state index is 0.421. The lowest BCUT2D eigenvalue weighted by Crippen LogP contribution is -2.49. The Morgan fingerprint density at radius 1 is 1.00 bits per heavy atom. The highest BCUT2D eigenvalue weighted by Gasteiger charge is 2.30. The Balaban J connectivity index is 2.01. The Labute approximate surface area is 176 Å². The van der Waals surface area contributed by atoms with Crippen molar-refractivity contribution in [2.75, 3.05) is 6.61 Å². The van der Waals surface area contributed by atoms with Gasteiger partial charge in [-0.05, 0) is 60.9 Å². The number of rotatable bonds is 7. The minimum atomic E-state index is -1.38. The first-order chi connectivity index (χ1) is 14.3. The molecular formula is C25H25NO4. The number of nitrogens with one attached hydrogen (secondary N) is 1. The van der Waals surface area contributed by atoms with Crippen LogP contribution in [-0.4, -0.2) is 29.1 Å². The molecule has 0 bridgehead atoms. The molecule has 0 saturated carbocycles. The lowest BCUT2D eigenvalue weighted by molar-refractivity contribution is -0.143. The summed E-state index contributed by atoms with van der Waals surface area (Å²) in [5.74, 6) is -0.724. The SMILES string of the molecule is CCOc1ccc(/C=C/c2c(C(=O)NC(C)(C)C(=O)O)ccc3ccccc23)cc1. The second kappa shape index (κ2) is 8.82. The van der Waals surface area contributed by atoms with Crippen molar-refractivity contribution in [1.29, 1.82) is 0 Å². The van der Waals surface area contributed by atoms with Gasteiger partial charge < -0.3 is 15.2 Å². The molecule has 3 rings (SSSR count). The predicted molar refractivity (Wildman–Crippen MR) is 120 cm³/mol. The van der Waals surface area contributed by atoms with Crippen LogP contribution in [-0.2, 0) is 4.79 Å². The van der Waals surface area contributed by atoms with Crippen LogP contribution in [0.3, 0.4) is 0 Å². The Bertz CT molecular complexity index is 1100. The first-order valence-corrected chi connectivity index (χ1v) is 9.80. The largest absolute Gasteiger partial charge is 0.494 e. The Kier molecular flexibility index (Phi) is 6.21. The molecule has 0 aliphatic heterocycles. The Hall–Kier alpha value is -3.60. The van der Waals surface area contributed by atoms with E-state index in [9.17, 15) is 14.7 Å². The van der Waals surface area contributed by atoms with Crippen molar-refractivity contribution < 1.29 is 19.4 Å². The molecule has 0 heterocycles. The van der Waals surface area contributed by atoms with Gasteiger partial charge in [0.2, 0.25) is 0 Å². The standard InChI is InChI=1S/C25H25NO4/c1-4-30-19-13-9-17(10-14-19)11-15-21-20-8-6-5-7-18(20)12-16-22(21)23(27)26-25(2,3)24(28)29/h5-16H,4H2,1-3H3,(H,26,27)(H,28,29)/b15-11+. The van der Waals surface area contributed by atoms with Crippen LogP contribution in [0.15, 0.2) is 60.7 Å². The van der Waals surface area contributed by atoms with E-state index in [1.165, 1.54) is 13.8 Å². The molecule has 5 heteroatoms. The van der Waals surface area contributed by atoms with Crippen LogP contribution in [0.25, 0.3) is 22.9 Å². The monoisotopic (exact) mass is 403 g/mol. The number of ether oxygens (including phenoxy) is 1. The van der Waals surface area contributed by atoms with E-state index in [0.717, 1.165) is 27.6 Å². The van der Waals surface area contributed by atoms with Crippen LogP contribution in [0.2, 0.25) is 0 Å². The summed E-state index contributed by atoms with van der Waals surface area (Å²) in [6, 6.07) is 19.1. The summed E-state index contributed by atoms with van der Waals surface area (Å²) in [5.41, 5.74) is 0.744. The normalized spacial score (nSPS) is 11.6. The van der Waals surface area contributed by atoms with Crippen molar-refractivity contribution >= 4 is 34.8 Å². The van der Waals surface area contributed by atoms with E-state index < -0.39 is 17.4 Å². The van der Waals surface area contributed by atoms with Gasteiger partial charge in [-0.1, -0.05) is 54.6 Å². The van der Waals surface area contributed by atoms with Crippen molar-refractivity contribution in [3.63, 3.8) is 0 Å².